The van der Waals surface area contributed by atoms with Crippen molar-refractivity contribution < 1.29 is 9.13 Å². The maximum absolute atomic E-state index is 13.2. The van der Waals surface area contributed by atoms with Gasteiger partial charge in [0.1, 0.15) is 23.3 Å². The molecule has 0 aliphatic carbocycles. The third-order valence-corrected chi connectivity index (χ3v) is 5.13. The zero-order valence-corrected chi connectivity index (χ0v) is 19.4. The quantitative estimate of drug-likeness (QED) is 0.279. The fraction of sp³-hybridized carbons (Fsp3) is 0.522. The Hall–Kier alpha value is -3.12. The summed E-state index contributed by atoms with van der Waals surface area (Å²) in [6.07, 6.45) is 2.43. The van der Waals surface area contributed by atoms with E-state index in [1.165, 1.54) is 16.8 Å². The number of ether oxygens (including phenoxy) is 1. The number of nitrogens with one attached hydrogen (secondary N) is 2. The minimum atomic E-state index is -0.342. The van der Waals surface area contributed by atoms with E-state index in [0.29, 0.717) is 42.4 Å². The van der Waals surface area contributed by atoms with Crippen LogP contribution in [0.1, 0.15) is 44.9 Å². The van der Waals surface area contributed by atoms with Crippen LogP contribution < -0.4 is 16.4 Å². The standard InChI is InChI=1S/C23H34FN7O/c1-5-32-21(16(2)3)12-14-29-23(27-4)28-13-6-7-20-19(15-25)22(26)31(30-20)18-10-8-17(24)9-11-18/h8-11,16,21H,5-7,12-14,26H2,1-4H3,(H2,27,28,29). The molecule has 2 aromatic rings. The van der Waals surface area contributed by atoms with Crippen LogP contribution in [0.3, 0.4) is 0 Å². The van der Waals surface area contributed by atoms with Crippen molar-refractivity contribution in [3.63, 3.8) is 0 Å². The number of halogens is 1. The lowest BCUT2D eigenvalue weighted by Gasteiger charge is -2.21. The fourth-order valence-corrected chi connectivity index (χ4v) is 3.39. The molecule has 4 N–H and O–H groups in total. The van der Waals surface area contributed by atoms with Crippen molar-refractivity contribution in [3.8, 4) is 11.8 Å². The van der Waals surface area contributed by atoms with E-state index in [1.807, 2.05) is 6.92 Å². The predicted molar refractivity (Wildman–Crippen MR) is 125 cm³/mol. The molecule has 1 heterocycles. The highest BCUT2D eigenvalue weighted by atomic mass is 19.1. The Balaban J connectivity index is 1.87. The van der Waals surface area contributed by atoms with E-state index < -0.39 is 0 Å². The van der Waals surface area contributed by atoms with E-state index in [4.69, 9.17) is 10.5 Å². The number of benzene rings is 1. The minimum Gasteiger partial charge on any atom is -0.382 e. The Kier molecular flexibility index (Phi) is 9.95. The highest BCUT2D eigenvalue weighted by Gasteiger charge is 2.16. The zero-order chi connectivity index (χ0) is 23.5. The summed E-state index contributed by atoms with van der Waals surface area (Å²) in [7, 11) is 1.73. The molecule has 1 unspecified atom stereocenters. The average molecular weight is 444 g/mol. The number of aliphatic imine (C=N–C) groups is 1. The van der Waals surface area contributed by atoms with Crippen molar-refractivity contribution in [2.45, 2.75) is 46.1 Å². The van der Waals surface area contributed by atoms with Gasteiger partial charge in [0.05, 0.1) is 17.5 Å². The van der Waals surface area contributed by atoms with E-state index in [1.54, 1.807) is 19.2 Å². The molecule has 1 aromatic carbocycles. The first-order valence-corrected chi connectivity index (χ1v) is 11.0. The zero-order valence-electron chi connectivity index (χ0n) is 19.4. The number of aromatic nitrogens is 2. The van der Waals surface area contributed by atoms with Gasteiger partial charge in [-0.1, -0.05) is 13.8 Å². The summed E-state index contributed by atoms with van der Waals surface area (Å²) >= 11 is 0. The molecule has 32 heavy (non-hydrogen) atoms. The Morgan fingerprint density at radius 1 is 1.28 bits per heavy atom. The molecule has 0 saturated heterocycles. The third kappa shape index (κ3) is 6.95. The molecule has 1 atom stereocenters. The summed E-state index contributed by atoms with van der Waals surface area (Å²) in [4.78, 5) is 4.25. The van der Waals surface area contributed by atoms with Crippen molar-refractivity contribution in [2.24, 2.45) is 10.9 Å². The van der Waals surface area contributed by atoms with Crippen LogP contribution in [0.5, 0.6) is 0 Å². The van der Waals surface area contributed by atoms with Gasteiger partial charge in [0, 0.05) is 26.7 Å². The van der Waals surface area contributed by atoms with Crippen LogP contribution >= 0.6 is 0 Å². The molecular weight excluding hydrogens is 409 g/mol. The van der Waals surface area contributed by atoms with E-state index in [-0.39, 0.29) is 17.7 Å². The molecular formula is C23H34FN7O. The van der Waals surface area contributed by atoms with Crippen LogP contribution in [0.2, 0.25) is 0 Å². The maximum Gasteiger partial charge on any atom is 0.190 e. The monoisotopic (exact) mass is 443 g/mol. The number of nitrogens with two attached hydrogens (primary N) is 1. The van der Waals surface area contributed by atoms with E-state index in [9.17, 15) is 9.65 Å². The van der Waals surface area contributed by atoms with Crippen LogP contribution in [0.15, 0.2) is 29.3 Å². The maximum atomic E-state index is 13.2. The molecule has 8 nitrogen and oxygen atoms in total. The summed E-state index contributed by atoms with van der Waals surface area (Å²) in [6, 6.07) is 7.96. The number of aryl methyl sites for hydroxylation is 1. The van der Waals surface area contributed by atoms with Gasteiger partial charge in [0.15, 0.2) is 5.96 Å². The molecule has 0 bridgehead atoms. The molecule has 0 saturated carbocycles. The lowest BCUT2D eigenvalue weighted by atomic mass is 10.0. The van der Waals surface area contributed by atoms with Crippen molar-refractivity contribution in [1.82, 2.24) is 20.4 Å². The summed E-state index contributed by atoms with van der Waals surface area (Å²) in [5.74, 6) is 1.10. The van der Waals surface area contributed by atoms with Gasteiger partial charge in [0.25, 0.3) is 0 Å². The fourth-order valence-electron chi connectivity index (χ4n) is 3.39. The first-order valence-electron chi connectivity index (χ1n) is 11.0. The number of nitrogen functional groups attached to an aromatic ring is 1. The molecule has 0 fully saturated rings. The Bertz CT molecular complexity index is 916. The molecule has 0 aliphatic rings. The highest BCUT2D eigenvalue weighted by Crippen LogP contribution is 2.21. The van der Waals surface area contributed by atoms with E-state index in [2.05, 4.69) is 40.6 Å². The molecule has 0 radical (unpaired) electrons. The van der Waals surface area contributed by atoms with Gasteiger partial charge in [-0.2, -0.15) is 10.4 Å². The number of rotatable bonds is 11. The molecule has 174 valence electrons. The first kappa shape index (κ1) is 25.1. The van der Waals surface area contributed by atoms with Gasteiger partial charge in [0.2, 0.25) is 0 Å². The van der Waals surface area contributed by atoms with Crippen molar-refractivity contribution in [2.75, 3.05) is 32.5 Å². The van der Waals surface area contributed by atoms with Crippen LogP contribution in [0.4, 0.5) is 10.2 Å². The van der Waals surface area contributed by atoms with Gasteiger partial charge in [-0.25, -0.2) is 9.07 Å². The first-order chi connectivity index (χ1) is 15.4. The second kappa shape index (κ2) is 12.7. The van der Waals surface area contributed by atoms with Gasteiger partial charge in [-0.05, 0) is 56.4 Å². The predicted octanol–water partition coefficient (Wildman–Crippen LogP) is 3.01. The molecule has 9 heteroatoms. The molecule has 0 spiro atoms. The van der Waals surface area contributed by atoms with Crippen molar-refractivity contribution >= 4 is 11.8 Å². The largest absolute Gasteiger partial charge is 0.382 e. The number of nitriles is 1. The summed E-state index contributed by atoms with van der Waals surface area (Å²) in [5, 5.41) is 20.6. The minimum absolute atomic E-state index is 0.219. The van der Waals surface area contributed by atoms with Gasteiger partial charge < -0.3 is 21.1 Å². The Labute approximate surface area is 189 Å². The highest BCUT2D eigenvalue weighted by molar-refractivity contribution is 5.79. The van der Waals surface area contributed by atoms with Gasteiger partial charge >= 0.3 is 0 Å². The SMILES string of the molecule is CCOC(CCNC(=NC)NCCCc1nn(-c2ccc(F)cc2)c(N)c1C#N)C(C)C. The topological polar surface area (TPSA) is 113 Å². The van der Waals surface area contributed by atoms with Crippen LogP contribution in [-0.4, -0.2) is 48.6 Å². The average Bonchev–Trinajstić information content (AvgIpc) is 3.10. The Morgan fingerprint density at radius 3 is 2.56 bits per heavy atom. The summed E-state index contributed by atoms with van der Waals surface area (Å²) in [6.45, 7) is 8.46. The van der Waals surface area contributed by atoms with E-state index >= 15 is 0 Å². The normalized spacial score (nSPS) is 12.6. The number of hydrogen-bond donors (Lipinski definition) is 3. The van der Waals surface area contributed by atoms with Gasteiger partial charge in [-0.15, -0.1) is 0 Å². The molecule has 1 aromatic heterocycles. The Morgan fingerprint density at radius 2 is 1.97 bits per heavy atom. The number of nitrogens with zero attached hydrogens (tertiary/aromatic N) is 4. The van der Waals surface area contributed by atoms with Crippen LogP contribution in [0.25, 0.3) is 5.69 Å². The molecule has 2 rings (SSSR count). The number of hydrogen-bond acceptors (Lipinski definition) is 5. The summed E-state index contributed by atoms with van der Waals surface area (Å²) < 4.78 is 20.4. The lowest BCUT2D eigenvalue weighted by molar-refractivity contribution is 0.0258. The van der Waals surface area contributed by atoms with Gasteiger partial charge in [-0.3, -0.25) is 4.99 Å². The molecule has 0 amide bonds. The summed E-state index contributed by atoms with van der Waals surface area (Å²) in [5.41, 5.74) is 7.70. The van der Waals surface area contributed by atoms with Crippen molar-refractivity contribution in [3.05, 3.63) is 41.3 Å². The second-order valence-electron chi connectivity index (χ2n) is 7.76. The van der Waals surface area contributed by atoms with Crippen molar-refractivity contribution in [1.29, 1.82) is 5.26 Å². The van der Waals surface area contributed by atoms with Crippen LogP contribution in [0, 0.1) is 23.1 Å². The third-order valence-electron chi connectivity index (χ3n) is 5.13. The smallest absolute Gasteiger partial charge is 0.190 e. The number of anilines is 1. The number of guanidine groups is 1. The van der Waals surface area contributed by atoms with Crippen LogP contribution in [-0.2, 0) is 11.2 Å². The lowest BCUT2D eigenvalue weighted by Crippen LogP contribution is -2.39. The van der Waals surface area contributed by atoms with E-state index in [0.717, 1.165) is 25.3 Å². The molecule has 0 aliphatic heterocycles. The second-order valence-corrected chi connectivity index (χ2v) is 7.76.